The summed E-state index contributed by atoms with van der Waals surface area (Å²) in [4.78, 5) is 5.13. The number of sulfonamides is 1. The number of thiophene rings is 1. The average Bonchev–Trinajstić information content (AvgIpc) is 3.22. The minimum absolute atomic E-state index is 0.238. The van der Waals surface area contributed by atoms with Crippen molar-refractivity contribution in [3.8, 4) is 10.8 Å². The van der Waals surface area contributed by atoms with Gasteiger partial charge < -0.3 is 10.3 Å². The highest BCUT2D eigenvalue weighted by Gasteiger charge is 2.40. The number of hydrogen-bond acceptors (Lipinski definition) is 8. The van der Waals surface area contributed by atoms with E-state index >= 15 is 0 Å². The van der Waals surface area contributed by atoms with Gasteiger partial charge in [0.05, 0.1) is 5.54 Å². The third-order valence-electron chi connectivity index (χ3n) is 4.53. The lowest BCUT2D eigenvalue weighted by Gasteiger charge is -2.34. The zero-order valence-corrected chi connectivity index (χ0v) is 15.4. The molecule has 1 saturated carbocycles. The standard InChI is InChI=1S/C14H18N4O3S3/c15-14(3-1-4-14)13-16-12(21-17-13)11-10(2-7-23-11)24(19,20)18-5-8-22-9-6-18/h2,7H,1,3-6,8-9,15H2. The van der Waals surface area contributed by atoms with Crippen LogP contribution in [0.4, 0.5) is 0 Å². The van der Waals surface area contributed by atoms with Crippen molar-refractivity contribution >= 4 is 33.1 Å². The lowest BCUT2D eigenvalue weighted by Crippen LogP contribution is -2.44. The van der Waals surface area contributed by atoms with Gasteiger partial charge >= 0.3 is 0 Å². The fraction of sp³-hybridized carbons (Fsp3) is 0.571. The molecule has 0 unspecified atom stereocenters. The molecule has 2 N–H and O–H groups in total. The molecule has 2 aliphatic rings. The first kappa shape index (κ1) is 16.5. The SMILES string of the molecule is NC1(c2noc(-c3sccc3S(=O)(=O)N3CCSCC3)n2)CCC1. The first-order valence-electron chi connectivity index (χ1n) is 7.79. The number of aromatic nitrogens is 2. The van der Waals surface area contributed by atoms with Crippen LogP contribution < -0.4 is 5.73 Å². The molecule has 130 valence electrons. The van der Waals surface area contributed by atoms with Gasteiger partial charge in [-0.25, -0.2) is 8.42 Å². The number of thioether (sulfide) groups is 1. The Hall–Kier alpha value is -0.940. The van der Waals surface area contributed by atoms with Crippen LogP contribution in [0.15, 0.2) is 20.9 Å². The summed E-state index contributed by atoms with van der Waals surface area (Å²) in [6, 6.07) is 1.61. The molecule has 0 spiro atoms. The van der Waals surface area contributed by atoms with Crippen molar-refractivity contribution in [1.29, 1.82) is 0 Å². The topological polar surface area (TPSA) is 102 Å². The van der Waals surface area contributed by atoms with Crippen LogP contribution in [0.3, 0.4) is 0 Å². The molecular weight excluding hydrogens is 368 g/mol. The first-order valence-corrected chi connectivity index (χ1v) is 11.3. The van der Waals surface area contributed by atoms with E-state index in [2.05, 4.69) is 10.1 Å². The van der Waals surface area contributed by atoms with E-state index in [4.69, 9.17) is 10.3 Å². The molecule has 0 radical (unpaired) electrons. The second-order valence-electron chi connectivity index (χ2n) is 6.06. The van der Waals surface area contributed by atoms with E-state index < -0.39 is 15.6 Å². The highest BCUT2D eigenvalue weighted by atomic mass is 32.2. The zero-order valence-electron chi connectivity index (χ0n) is 13.0. The van der Waals surface area contributed by atoms with Gasteiger partial charge in [-0.15, -0.1) is 11.3 Å². The lowest BCUT2D eigenvalue weighted by atomic mass is 9.77. The van der Waals surface area contributed by atoms with Gasteiger partial charge in [0, 0.05) is 24.6 Å². The van der Waals surface area contributed by atoms with Crippen LogP contribution in [0.25, 0.3) is 10.8 Å². The molecule has 2 fully saturated rings. The van der Waals surface area contributed by atoms with Crippen molar-refractivity contribution in [2.45, 2.75) is 29.7 Å². The number of nitrogens with two attached hydrogens (primary N) is 1. The van der Waals surface area contributed by atoms with E-state index in [0.717, 1.165) is 30.8 Å². The molecule has 2 aromatic rings. The molecular formula is C14H18N4O3S3. The monoisotopic (exact) mass is 386 g/mol. The van der Waals surface area contributed by atoms with Crippen LogP contribution >= 0.6 is 23.1 Å². The predicted octanol–water partition coefficient (Wildman–Crippen LogP) is 1.87. The summed E-state index contributed by atoms with van der Waals surface area (Å²) in [5.41, 5.74) is 5.70. The van der Waals surface area contributed by atoms with Crippen molar-refractivity contribution in [2.24, 2.45) is 5.73 Å². The Balaban J connectivity index is 1.67. The lowest BCUT2D eigenvalue weighted by molar-refractivity contribution is 0.229. The molecule has 0 amide bonds. The van der Waals surface area contributed by atoms with E-state index in [1.807, 2.05) is 0 Å². The van der Waals surface area contributed by atoms with Gasteiger partial charge in [-0.1, -0.05) is 5.16 Å². The van der Waals surface area contributed by atoms with Crippen LogP contribution in [0.2, 0.25) is 0 Å². The third kappa shape index (κ3) is 2.70. The number of rotatable bonds is 4. The quantitative estimate of drug-likeness (QED) is 0.856. The van der Waals surface area contributed by atoms with Crippen LogP contribution in [0.1, 0.15) is 25.1 Å². The maximum Gasteiger partial charge on any atom is 0.269 e. The summed E-state index contributed by atoms with van der Waals surface area (Å²) in [6.45, 7) is 1.06. The molecule has 4 rings (SSSR count). The Morgan fingerprint density at radius 3 is 2.71 bits per heavy atom. The molecule has 10 heteroatoms. The van der Waals surface area contributed by atoms with Gasteiger partial charge in [-0.3, -0.25) is 0 Å². The minimum atomic E-state index is -3.54. The fourth-order valence-electron chi connectivity index (χ4n) is 2.88. The molecule has 3 heterocycles. The molecule has 1 aliphatic heterocycles. The second kappa shape index (κ2) is 6.10. The van der Waals surface area contributed by atoms with Gasteiger partial charge in [0.25, 0.3) is 5.89 Å². The van der Waals surface area contributed by atoms with E-state index in [0.29, 0.717) is 23.8 Å². The van der Waals surface area contributed by atoms with Crippen LogP contribution in [0.5, 0.6) is 0 Å². The summed E-state index contributed by atoms with van der Waals surface area (Å²) in [6.07, 6.45) is 2.70. The molecule has 7 nitrogen and oxygen atoms in total. The summed E-state index contributed by atoms with van der Waals surface area (Å²) < 4.78 is 32.7. The fourth-order valence-corrected chi connectivity index (χ4v) is 6.77. The van der Waals surface area contributed by atoms with Gasteiger partial charge in [-0.05, 0) is 30.7 Å². The maximum absolute atomic E-state index is 12.9. The van der Waals surface area contributed by atoms with Gasteiger partial charge in [0.1, 0.15) is 9.77 Å². The van der Waals surface area contributed by atoms with Crippen molar-refractivity contribution in [1.82, 2.24) is 14.4 Å². The Morgan fingerprint density at radius 2 is 2.04 bits per heavy atom. The first-order chi connectivity index (χ1) is 11.5. The molecule has 1 aliphatic carbocycles. The van der Waals surface area contributed by atoms with E-state index in [9.17, 15) is 8.42 Å². The number of nitrogens with zero attached hydrogens (tertiary/aromatic N) is 3. The Bertz CT molecular complexity index is 835. The average molecular weight is 387 g/mol. The smallest absolute Gasteiger partial charge is 0.269 e. The van der Waals surface area contributed by atoms with E-state index in [1.54, 1.807) is 23.2 Å². The Morgan fingerprint density at radius 1 is 1.29 bits per heavy atom. The Kier molecular flexibility index (Phi) is 4.20. The molecule has 24 heavy (non-hydrogen) atoms. The van der Waals surface area contributed by atoms with Gasteiger partial charge in [-0.2, -0.15) is 21.1 Å². The zero-order chi connectivity index (χ0) is 16.8. The third-order valence-corrected chi connectivity index (χ3v) is 8.44. The molecule has 0 atom stereocenters. The second-order valence-corrected chi connectivity index (χ2v) is 10.1. The van der Waals surface area contributed by atoms with Crippen molar-refractivity contribution < 1.29 is 12.9 Å². The van der Waals surface area contributed by atoms with E-state index in [-0.39, 0.29) is 10.8 Å². The maximum atomic E-state index is 12.9. The van der Waals surface area contributed by atoms with E-state index in [1.165, 1.54) is 15.6 Å². The minimum Gasteiger partial charge on any atom is -0.333 e. The summed E-state index contributed by atoms with van der Waals surface area (Å²) >= 11 is 3.06. The normalized spacial score (nSPS) is 21.5. The highest BCUT2D eigenvalue weighted by Crippen LogP contribution is 2.39. The predicted molar refractivity (Wildman–Crippen MR) is 93.4 cm³/mol. The molecule has 2 aromatic heterocycles. The molecule has 1 saturated heterocycles. The van der Waals surface area contributed by atoms with Gasteiger partial charge in [0.15, 0.2) is 5.82 Å². The van der Waals surface area contributed by atoms with Crippen LogP contribution in [-0.4, -0.2) is 47.5 Å². The van der Waals surface area contributed by atoms with Crippen LogP contribution in [-0.2, 0) is 15.6 Å². The van der Waals surface area contributed by atoms with Crippen LogP contribution in [0, 0.1) is 0 Å². The van der Waals surface area contributed by atoms with Crippen molar-refractivity contribution in [3.05, 3.63) is 17.3 Å². The number of hydrogen-bond donors (Lipinski definition) is 1. The molecule has 0 aromatic carbocycles. The highest BCUT2D eigenvalue weighted by molar-refractivity contribution is 7.99. The summed E-state index contributed by atoms with van der Waals surface area (Å²) in [7, 11) is -3.54. The van der Waals surface area contributed by atoms with Gasteiger partial charge in [0.2, 0.25) is 10.0 Å². The largest absolute Gasteiger partial charge is 0.333 e. The Labute approximate surface area is 148 Å². The summed E-state index contributed by atoms with van der Waals surface area (Å²) in [5.74, 6) is 2.34. The van der Waals surface area contributed by atoms with Crippen molar-refractivity contribution in [3.63, 3.8) is 0 Å². The molecule has 0 bridgehead atoms. The van der Waals surface area contributed by atoms with Crippen molar-refractivity contribution in [2.75, 3.05) is 24.6 Å². The summed E-state index contributed by atoms with van der Waals surface area (Å²) in [5, 5.41) is 5.73.